The SMILES string of the molecule is CC(C)(C)OC(=O)CCCCCN=C(N)NC1CCOc2ccccc21. The lowest BCUT2D eigenvalue weighted by Crippen LogP contribution is -2.37. The number of fused-ring (bicyclic) bond motifs is 1. The molecule has 1 atom stereocenters. The van der Waals surface area contributed by atoms with Crippen molar-refractivity contribution >= 4 is 11.9 Å². The van der Waals surface area contributed by atoms with Gasteiger partial charge in [0.15, 0.2) is 5.96 Å². The summed E-state index contributed by atoms with van der Waals surface area (Å²) in [6, 6.07) is 8.13. The minimum atomic E-state index is -0.412. The number of esters is 1. The monoisotopic (exact) mass is 361 g/mol. The molecule has 1 aromatic rings. The molecular formula is C20H31N3O3. The molecule has 0 saturated heterocycles. The minimum absolute atomic E-state index is 0.135. The Balaban J connectivity index is 1.66. The van der Waals surface area contributed by atoms with Crippen molar-refractivity contribution in [3.63, 3.8) is 0 Å². The van der Waals surface area contributed by atoms with Crippen molar-refractivity contribution in [2.45, 2.75) is 64.5 Å². The number of unbranched alkanes of at least 4 members (excludes halogenated alkanes) is 2. The number of carbonyl (C=O) groups is 1. The third-order valence-electron chi connectivity index (χ3n) is 4.02. The molecule has 26 heavy (non-hydrogen) atoms. The smallest absolute Gasteiger partial charge is 0.306 e. The van der Waals surface area contributed by atoms with E-state index in [0.29, 0.717) is 25.5 Å². The molecule has 6 nitrogen and oxygen atoms in total. The van der Waals surface area contributed by atoms with E-state index < -0.39 is 5.60 Å². The Labute approximate surface area is 156 Å². The van der Waals surface area contributed by atoms with Crippen LogP contribution in [0.5, 0.6) is 5.75 Å². The lowest BCUT2D eigenvalue weighted by atomic mass is 10.0. The van der Waals surface area contributed by atoms with Crippen molar-refractivity contribution in [1.82, 2.24) is 5.32 Å². The predicted molar refractivity (Wildman–Crippen MR) is 103 cm³/mol. The van der Waals surface area contributed by atoms with Gasteiger partial charge < -0.3 is 20.5 Å². The van der Waals surface area contributed by atoms with E-state index in [2.05, 4.69) is 16.4 Å². The number of benzene rings is 1. The molecule has 1 aliphatic rings. The van der Waals surface area contributed by atoms with Crippen LogP contribution in [0.25, 0.3) is 0 Å². The molecule has 6 heteroatoms. The maximum Gasteiger partial charge on any atom is 0.306 e. The molecular weight excluding hydrogens is 330 g/mol. The third kappa shape index (κ3) is 6.94. The van der Waals surface area contributed by atoms with Gasteiger partial charge in [0.05, 0.1) is 12.6 Å². The van der Waals surface area contributed by atoms with E-state index in [4.69, 9.17) is 15.2 Å². The fourth-order valence-electron chi connectivity index (χ4n) is 2.87. The Bertz CT molecular complexity index is 623. The van der Waals surface area contributed by atoms with Gasteiger partial charge in [-0.05, 0) is 39.7 Å². The van der Waals surface area contributed by atoms with E-state index in [1.807, 2.05) is 39.0 Å². The number of hydrogen-bond acceptors (Lipinski definition) is 4. The molecule has 1 heterocycles. The number of nitrogens with one attached hydrogen (secondary N) is 1. The quantitative estimate of drug-likeness (QED) is 0.337. The first-order valence-electron chi connectivity index (χ1n) is 9.35. The number of nitrogens with two attached hydrogens (primary N) is 1. The van der Waals surface area contributed by atoms with Crippen molar-refractivity contribution in [1.29, 1.82) is 0 Å². The number of rotatable bonds is 7. The number of hydrogen-bond donors (Lipinski definition) is 2. The summed E-state index contributed by atoms with van der Waals surface area (Å²) in [5, 5.41) is 3.28. The molecule has 0 saturated carbocycles. The second-order valence-corrected chi connectivity index (χ2v) is 7.54. The fourth-order valence-corrected chi connectivity index (χ4v) is 2.87. The first-order chi connectivity index (χ1) is 12.3. The van der Waals surface area contributed by atoms with E-state index in [-0.39, 0.29) is 12.0 Å². The average molecular weight is 361 g/mol. The van der Waals surface area contributed by atoms with Gasteiger partial charge in [-0.3, -0.25) is 9.79 Å². The Hall–Kier alpha value is -2.24. The van der Waals surface area contributed by atoms with Crippen LogP contribution in [0, 0.1) is 0 Å². The van der Waals surface area contributed by atoms with Crippen LogP contribution >= 0.6 is 0 Å². The molecule has 3 N–H and O–H groups in total. The van der Waals surface area contributed by atoms with Crippen LogP contribution in [0.2, 0.25) is 0 Å². The third-order valence-corrected chi connectivity index (χ3v) is 4.02. The summed E-state index contributed by atoms with van der Waals surface area (Å²) in [7, 11) is 0. The molecule has 0 aromatic heterocycles. The number of aliphatic imine (C=N–C) groups is 1. The molecule has 1 aromatic carbocycles. The number of nitrogens with zero attached hydrogens (tertiary/aromatic N) is 1. The highest BCUT2D eigenvalue weighted by Crippen LogP contribution is 2.31. The lowest BCUT2D eigenvalue weighted by Gasteiger charge is -2.26. The van der Waals surface area contributed by atoms with E-state index in [0.717, 1.165) is 37.0 Å². The summed E-state index contributed by atoms with van der Waals surface area (Å²) in [6.07, 6.45) is 3.95. The maximum absolute atomic E-state index is 11.6. The van der Waals surface area contributed by atoms with Crippen molar-refractivity contribution in [3.8, 4) is 5.75 Å². The van der Waals surface area contributed by atoms with Gasteiger partial charge in [-0.25, -0.2) is 0 Å². The molecule has 0 radical (unpaired) electrons. The zero-order chi connectivity index (χ0) is 19.0. The van der Waals surface area contributed by atoms with E-state index in [9.17, 15) is 4.79 Å². The largest absolute Gasteiger partial charge is 0.493 e. The first-order valence-corrected chi connectivity index (χ1v) is 9.35. The van der Waals surface area contributed by atoms with Gasteiger partial charge in [-0.1, -0.05) is 24.6 Å². The van der Waals surface area contributed by atoms with Gasteiger partial charge in [-0.2, -0.15) is 0 Å². The van der Waals surface area contributed by atoms with Crippen LogP contribution in [-0.2, 0) is 9.53 Å². The Kier molecular flexibility index (Phi) is 7.30. The summed E-state index contributed by atoms with van der Waals surface area (Å²) >= 11 is 0. The van der Waals surface area contributed by atoms with Gasteiger partial charge in [0, 0.05) is 24.9 Å². The lowest BCUT2D eigenvalue weighted by molar-refractivity contribution is -0.154. The molecule has 0 bridgehead atoms. The Morgan fingerprint density at radius 3 is 2.85 bits per heavy atom. The summed E-state index contributed by atoms with van der Waals surface area (Å²) in [6.45, 7) is 6.97. The van der Waals surface area contributed by atoms with Crippen molar-refractivity contribution in [3.05, 3.63) is 29.8 Å². The molecule has 0 fully saturated rings. The summed E-state index contributed by atoms with van der Waals surface area (Å²) < 4.78 is 10.9. The zero-order valence-corrected chi connectivity index (χ0v) is 16.1. The molecule has 144 valence electrons. The molecule has 1 unspecified atom stereocenters. The second kappa shape index (κ2) is 9.46. The van der Waals surface area contributed by atoms with Crippen LogP contribution in [0.4, 0.5) is 0 Å². The number of para-hydroxylation sites is 1. The van der Waals surface area contributed by atoms with Crippen LogP contribution in [0.1, 0.15) is 64.5 Å². The van der Waals surface area contributed by atoms with Crippen LogP contribution < -0.4 is 15.8 Å². The topological polar surface area (TPSA) is 85.9 Å². The molecule has 0 spiro atoms. The fraction of sp³-hybridized carbons (Fsp3) is 0.600. The highest BCUT2D eigenvalue weighted by molar-refractivity contribution is 5.78. The highest BCUT2D eigenvalue weighted by atomic mass is 16.6. The van der Waals surface area contributed by atoms with Crippen molar-refractivity contribution in [2.75, 3.05) is 13.2 Å². The van der Waals surface area contributed by atoms with Gasteiger partial charge >= 0.3 is 5.97 Å². The van der Waals surface area contributed by atoms with Crippen molar-refractivity contribution in [2.24, 2.45) is 10.7 Å². The van der Waals surface area contributed by atoms with E-state index in [1.54, 1.807) is 0 Å². The van der Waals surface area contributed by atoms with E-state index >= 15 is 0 Å². The molecule has 1 aliphatic heterocycles. The van der Waals surface area contributed by atoms with Crippen LogP contribution in [0.15, 0.2) is 29.3 Å². The van der Waals surface area contributed by atoms with Crippen LogP contribution in [0.3, 0.4) is 0 Å². The van der Waals surface area contributed by atoms with Crippen molar-refractivity contribution < 1.29 is 14.3 Å². The normalized spacial score (nSPS) is 17.2. The standard InChI is InChI=1S/C20H31N3O3/c1-20(2,3)26-18(24)11-5-4-8-13-22-19(21)23-16-12-14-25-17-10-7-6-9-15(16)17/h6-7,9-10,16H,4-5,8,11-14H2,1-3H3,(H3,21,22,23). The predicted octanol–water partition coefficient (Wildman–Crippen LogP) is 3.32. The highest BCUT2D eigenvalue weighted by Gasteiger charge is 2.21. The summed E-state index contributed by atoms with van der Waals surface area (Å²) in [5.41, 5.74) is 6.73. The molecule has 0 amide bonds. The number of guanidine groups is 1. The maximum atomic E-state index is 11.6. The first kappa shape index (κ1) is 20.1. The average Bonchev–Trinajstić information content (AvgIpc) is 2.57. The molecule has 2 rings (SSSR count). The summed E-state index contributed by atoms with van der Waals surface area (Å²) in [5.74, 6) is 1.23. The summed E-state index contributed by atoms with van der Waals surface area (Å²) in [4.78, 5) is 16.0. The van der Waals surface area contributed by atoms with Gasteiger partial charge in [0.2, 0.25) is 0 Å². The van der Waals surface area contributed by atoms with Crippen LogP contribution in [-0.4, -0.2) is 30.7 Å². The Morgan fingerprint density at radius 1 is 1.31 bits per heavy atom. The van der Waals surface area contributed by atoms with Gasteiger partial charge in [-0.15, -0.1) is 0 Å². The molecule has 0 aliphatic carbocycles. The number of carbonyl (C=O) groups excluding carboxylic acids is 1. The second-order valence-electron chi connectivity index (χ2n) is 7.54. The Morgan fingerprint density at radius 2 is 2.08 bits per heavy atom. The zero-order valence-electron chi connectivity index (χ0n) is 16.1. The van der Waals surface area contributed by atoms with Gasteiger partial charge in [0.25, 0.3) is 0 Å². The number of ether oxygens (including phenoxy) is 2. The van der Waals surface area contributed by atoms with E-state index in [1.165, 1.54) is 0 Å². The minimum Gasteiger partial charge on any atom is -0.493 e. The van der Waals surface area contributed by atoms with Gasteiger partial charge in [0.1, 0.15) is 11.4 Å².